The van der Waals surface area contributed by atoms with Gasteiger partial charge in [0, 0.05) is 17.5 Å². The maximum atomic E-state index is 9.26. The van der Waals surface area contributed by atoms with E-state index in [0.29, 0.717) is 5.75 Å². The summed E-state index contributed by atoms with van der Waals surface area (Å²) in [4.78, 5) is 0. The first-order valence-corrected chi connectivity index (χ1v) is 7.19. The van der Waals surface area contributed by atoms with Crippen LogP contribution in [0.4, 0.5) is 0 Å². The number of aryl methyl sites for hydroxylation is 1. The summed E-state index contributed by atoms with van der Waals surface area (Å²) >= 11 is 0. The van der Waals surface area contributed by atoms with Crippen molar-refractivity contribution in [3.8, 4) is 5.75 Å². The lowest BCUT2D eigenvalue weighted by Crippen LogP contribution is -2.16. The van der Waals surface area contributed by atoms with Gasteiger partial charge in [0.15, 0.2) is 0 Å². The molecule has 0 aliphatic heterocycles. The van der Waals surface area contributed by atoms with Gasteiger partial charge in [0.1, 0.15) is 17.1 Å². The second kappa shape index (κ2) is 6.02. The van der Waals surface area contributed by atoms with Crippen LogP contribution in [0.2, 0.25) is 0 Å². The highest BCUT2D eigenvalue weighted by Crippen LogP contribution is 2.24. The third-order valence-corrected chi connectivity index (χ3v) is 3.73. The van der Waals surface area contributed by atoms with Crippen molar-refractivity contribution >= 4 is 11.0 Å². The van der Waals surface area contributed by atoms with E-state index < -0.39 is 0 Å². The van der Waals surface area contributed by atoms with Gasteiger partial charge in [-0.05, 0) is 43.7 Å². The summed E-state index contributed by atoms with van der Waals surface area (Å²) in [7, 11) is 0. The predicted molar refractivity (Wildman–Crippen MR) is 84.5 cm³/mol. The lowest BCUT2D eigenvalue weighted by atomic mass is 10.1. The second-order valence-corrected chi connectivity index (χ2v) is 5.23. The van der Waals surface area contributed by atoms with Gasteiger partial charge in [0.25, 0.3) is 0 Å². The Bertz CT molecular complexity index is 729. The largest absolute Gasteiger partial charge is 0.508 e. The molecule has 0 aliphatic carbocycles. The number of aromatic hydroxyl groups is 1. The summed E-state index contributed by atoms with van der Waals surface area (Å²) < 4.78 is 5.76. The second-order valence-electron chi connectivity index (χ2n) is 5.23. The Morgan fingerprint density at radius 3 is 2.62 bits per heavy atom. The topological polar surface area (TPSA) is 45.4 Å². The highest BCUT2D eigenvalue weighted by molar-refractivity contribution is 5.82. The van der Waals surface area contributed by atoms with Crippen LogP contribution in [0, 0.1) is 6.92 Å². The summed E-state index contributed by atoms with van der Waals surface area (Å²) in [5, 5.41) is 13.9. The van der Waals surface area contributed by atoms with Gasteiger partial charge in [-0.2, -0.15) is 0 Å². The van der Waals surface area contributed by atoms with Crippen LogP contribution in [0.5, 0.6) is 5.75 Å². The van der Waals surface area contributed by atoms with Gasteiger partial charge in [0.05, 0.1) is 0 Å². The van der Waals surface area contributed by atoms with E-state index in [1.54, 1.807) is 12.1 Å². The van der Waals surface area contributed by atoms with Crippen molar-refractivity contribution in [1.29, 1.82) is 0 Å². The van der Waals surface area contributed by atoms with Crippen LogP contribution < -0.4 is 5.32 Å². The van der Waals surface area contributed by atoms with E-state index in [-0.39, 0.29) is 0 Å². The molecule has 1 aromatic heterocycles. The molecular weight excluding hydrogens is 262 g/mol. The fourth-order valence-electron chi connectivity index (χ4n) is 2.55. The first kappa shape index (κ1) is 13.7. The van der Waals surface area contributed by atoms with Crippen LogP contribution in [0.15, 0.2) is 52.9 Å². The lowest BCUT2D eigenvalue weighted by Gasteiger charge is -2.05. The van der Waals surface area contributed by atoms with E-state index in [4.69, 9.17) is 4.42 Å². The fourth-order valence-corrected chi connectivity index (χ4v) is 2.55. The van der Waals surface area contributed by atoms with Gasteiger partial charge in [-0.15, -0.1) is 0 Å². The number of furan rings is 1. The normalized spacial score (nSPS) is 11.1. The van der Waals surface area contributed by atoms with Crippen molar-refractivity contribution in [3.05, 3.63) is 65.4 Å². The average Bonchev–Trinajstić information content (AvgIpc) is 2.81. The molecule has 108 valence electrons. The smallest absolute Gasteiger partial charge is 0.134 e. The summed E-state index contributed by atoms with van der Waals surface area (Å²) in [6.45, 7) is 3.71. The minimum Gasteiger partial charge on any atom is -0.508 e. The zero-order valence-electron chi connectivity index (χ0n) is 12.1. The van der Waals surface area contributed by atoms with Crippen LogP contribution in [0.25, 0.3) is 11.0 Å². The number of hydrogen-bond donors (Lipinski definition) is 2. The molecule has 0 bridgehead atoms. The predicted octanol–water partition coefficient (Wildman–Crippen LogP) is 3.78. The third-order valence-electron chi connectivity index (χ3n) is 3.73. The zero-order valence-corrected chi connectivity index (χ0v) is 12.1. The van der Waals surface area contributed by atoms with Gasteiger partial charge in [-0.3, -0.25) is 0 Å². The van der Waals surface area contributed by atoms with Crippen molar-refractivity contribution in [2.45, 2.75) is 19.9 Å². The number of phenols is 1. The molecule has 0 saturated carbocycles. The molecule has 0 aliphatic rings. The molecule has 3 nitrogen and oxygen atoms in total. The Morgan fingerprint density at radius 1 is 1.05 bits per heavy atom. The van der Waals surface area contributed by atoms with E-state index in [2.05, 4.69) is 11.4 Å². The quantitative estimate of drug-likeness (QED) is 0.700. The van der Waals surface area contributed by atoms with E-state index in [9.17, 15) is 5.11 Å². The van der Waals surface area contributed by atoms with E-state index >= 15 is 0 Å². The maximum absolute atomic E-state index is 9.26. The molecule has 21 heavy (non-hydrogen) atoms. The molecule has 0 fully saturated rings. The lowest BCUT2D eigenvalue weighted by molar-refractivity contribution is 0.475. The van der Waals surface area contributed by atoms with Crippen molar-refractivity contribution < 1.29 is 9.52 Å². The van der Waals surface area contributed by atoms with Crippen LogP contribution in [0.1, 0.15) is 16.9 Å². The fraction of sp³-hybridized carbons (Fsp3) is 0.222. The summed E-state index contributed by atoms with van der Waals surface area (Å²) in [5.41, 5.74) is 3.40. The van der Waals surface area contributed by atoms with Crippen molar-refractivity contribution in [2.75, 3.05) is 6.54 Å². The standard InChI is InChI=1S/C18H19NO2/c1-13-17(16-4-2-3-5-18(16)21-13)12-19-11-10-14-6-8-15(20)9-7-14/h2-9,19-20H,10-12H2,1H3. The molecule has 3 aromatic rings. The molecule has 0 amide bonds. The van der Waals surface area contributed by atoms with E-state index in [1.165, 1.54) is 16.5 Å². The Labute approximate surface area is 124 Å². The zero-order chi connectivity index (χ0) is 14.7. The van der Waals surface area contributed by atoms with Gasteiger partial charge >= 0.3 is 0 Å². The van der Waals surface area contributed by atoms with Crippen LogP contribution in [0.3, 0.4) is 0 Å². The molecule has 0 atom stereocenters. The Morgan fingerprint density at radius 2 is 1.81 bits per heavy atom. The Hall–Kier alpha value is -2.26. The molecule has 0 unspecified atom stereocenters. The van der Waals surface area contributed by atoms with Crippen molar-refractivity contribution in [3.63, 3.8) is 0 Å². The molecule has 1 heterocycles. The monoisotopic (exact) mass is 281 g/mol. The maximum Gasteiger partial charge on any atom is 0.134 e. The minimum atomic E-state index is 0.312. The first-order chi connectivity index (χ1) is 10.2. The van der Waals surface area contributed by atoms with E-state index in [1.807, 2.05) is 37.3 Å². The molecule has 2 aromatic carbocycles. The number of nitrogens with one attached hydrogen (secondary N) is 1. The van der Waals surface area contributed by atoms with Crippen LogP contribution >= 0.6 is 0 Å². The SMILES string of the molecule is Cc1oc2ccccc2c1CNCCc1ccc(O)cc1. The minimum absolute atomic E-state index is 0.312. The molecule has 3 rings (SSSR count). The molecule has 0 spiro atoms. The van der Waals surface area contributed by atoms with Crippen LogP contribution in [-0.2, 0) is 13.0 Å². The molecule has 0 radical (unpaired) electrons. The molecule has 0 saturated heterocycles. The van der Waals surface area contributed by atoms with Gasteiger partial charge in [0.2, 0.25) is 0 Å². The summed E-state index contributed by atoms with van der Waals surface area (Å²) in [6, 6.07) is 15.5. The van der Waals surface area contributed by atoms with E-state index in [0.717, 1.165) is 30.9 Å². The number of hydrogen-bond acceptors (Lipinski definition) is 3. The summed E-state index contributed by atoms with van der Waals surface area (Å²) in [5.74, 6) is 1.29. The number of phenolic OH excluding ortho intramolecular Hbond substituents is 1. The number of rotatable bonds is 5. The molecule has 2 N–H and O–H groups in total. The number of fused-ring (bicyclic) bond motifs is 1. The van der Waals surface area contributed by atoms with Crippen molar-refractivity contribution in [2.24, 2.45) is 0 Å². The molecular formula is C18H19NO2. The highest BCUT2D eigenvalue weighted by atomic mass is 16.3. The highest BCUT2D eigenvalue weighted by Gasteiger charge is 2.09. The summed E-state index contributed by atoms with van der Waals surface area (Å²) in [6.07, 6.45) is 0.940. The van der Waals surface area contributed by atoms with Gasteiger partial charge in [-0.1, -0.05) is 30.3 Å². The third kappa shape index (κ3) is 3.09. The van der Waals surface area contributed by atoms with Crippen LogP contribution in [-0.4, -0.2) is 11.7 Å². The van der Waals surface area contributed by atoms with Crippen molar-refractivity contribution in [1.82, 2.24) is 5.32 Å². The number of benzene rings is 2. The first-order valence-electron chi connectivity index (χ1n) is 7.19. The van der Waals surface area contributed by atoms with Gasteiger partial charge in [-0.25, -0.2) is 0 Å². The Balaban J connectivity index is 1.59. The average molecular weight is 281 g/mol. The Kier molecular flexibility index (Phi) is 3.93. The number of para-hydroxylation sites is 1. The van der Waals surface area contributed by atoms with Gasteiger partial charge < -0.3 is 14.8 Å². The molecule has 3 heteroatoms.